The van der Waals surface area contributed by atoms with Gasteiger partial charge in [-0.3, -0.25) is 9.59 Å². The Morgan fingerprint density at radius 3 is 2.43 bits per heavy atom. The van der Waals surface area contributed by atoms with Crippen molar-refractivity contribution in [2.45, 2.75) is 24.8 Å². The molecule has 0 spiro atoms. The Labute approximate surface area is 221 Å². The molecule has 0 heterocycles. The van der Waals surface area contributed by atoms with E-state index in [9.17, 15) is 9.59 Å². The molecule has 0 aliphatic heterocycles. The standard InChI is InChI=1S/C29H31ClN2O5/c1-32(2)23-12-10-20-21(15-24(23)33)22(31-29(34)19-8-6-7-17(13-19)16-30)11-9-18-14-25(35-3)27(36-4)28(37-5)26(18)20/h6-8,10,12-15,22H,9,11,16H2,1-5H3,(H,31,34)/t22-/m0/s1. The van der Waals surface area contributed by atoms with Crippen molar-refractivity contribution in [3.63, 3.8) is 0 Å². The lowest BCUT2D eigenvalue weighted by atomic mass is 9.95. The van der Waals surface area contributed by atoms with Crippen LogP contribution in [0.25, 0.3) is 11.1 Å². The Kier molecular flexibility index (Phi) is 7.93. The van der Waals surface area contributed by atoms with E-state index in [1.54, 1.807) is 50.5 Å². The second-order valence-electron chi connectivity index (χ2n) is 9.07. The zero-order chi connectivity index (χ0) is 26.7. The van der Waals surface area contributed by atoms with Crippen LogP contribution in [0, 0.1) is 0 Å². The molecule has 8 heteroatoms. The molecule has 37 heavy (non-hydrogen) atoms. The van der Waals surface area contributed by atoms with Gasteiger partial charge in [0.25, 0.3) is 5.91 Å². The van der Waals surface area contributed by atoms with Gasteiger partial charge < -0.3 is 24.4 Å². The first-order chi connectivity index (χ1) is 17.8. The van der Waals surface area contributed by atoms with Gasteiger partial charge in [0.15, 0.2) is 11.5 Å². The number of rotatable bonds is 7. The molecule has 1 aliphatic rings. The summed E-state index contributed by atoms with van der Waals surface area (Å²) in [5, 5.41) is 3.16. The molecule has 0 fully saturated rings. The van der Waals surface area contributed by atoms with Crippen molar-refractivity contribution >= 4 is 23.2 Å². The number of halogens is 1. The topological polar surface area (TPSA) is 77.1 Å². The SMILES string of the molecule is COc1cc2c(c(OC)c1OC)-c1ccc(N(C)C)c(=O)cc1[C@@H](NC(=O)c1cccc(CCl)c1)CC2. The van der Waals surface area contributed by atoms with Crippen molar-refractivity contribution in [3.05, 3.63) is 81.0 Å². The molecule has 0 saturated carbocycles. The third-order valence-electron chi connectivity index (χ3n) is 6.65. The molecule has 194 valence electrons. The molecule has 0 saturated heterocycles. The molecule has 0 aromatic heterocycles. The maximum absolute atomic E-state index is 13.3. The maximum atomic E-state index is 13.3. The second-order valence-corrected chi connectivity index (χ2v) is 9.34. The molecule has 1 atom stereocenters. The number of anilines is 1. The monoisotopic (exact) mass is 522 g/mol. The van der Waals surface area contributed by atoms with Gasteiger partial charge in [0.1, 0.15) is 0 Å². The second kappa shape index (κ2) is 11.1. The molecule has 4 rings (SSSR count). The number of carbonyl (C=O) groups is 1. The van der Waals surface area contributed by atoms with E-state index in [1.165, 1.54) is 0 Å². The first-order valence-electron chi connectivity index (χ1n) is 12.0. The Bertz CT molecular complexity index is 1390. The molecule has 3 aromatic rings. The number of nitrogens with one attached hydrogen (secondary N) is 1. The van der Waals surface area contributed by atoms with Crippen molar-refractivity contribution in [1.29, 1.82) is 0 Å². The van der Waals surface area contributed by atoms with Crippen molar-refractivity contribution < 1.29 is 19.0 Å². The summed E-state index contributed by atoms with van der Waals surface area (Å²) in [5.41, 5.74) is 5.05. The van der Waals surface area contributed by atoms with Crippen molar-refractivity contribution in [3.8, 4) is 28.4 Å². The quantitative estimate of drug-likeness (QED) is 0.442. The summed E-state index contributed by atoms with van der Waals surface area (Å²) in [4.78, 5) is 28.4. The smallest absolute Gasteiger partial charge is 0.251 e. The maximum Gasteiger partial charge on any atom is 0.251 e. The lowest BCUT2D eigenvalue weighted by Gasteiger charge is -2.20. The van der Waals surface area contributed by atoms with Gasteiger partial charge >= 0.3 is 0 Å². The normalized spacial score (nSPS) is 14.1. The highest BCUT2D eigenvalue weighted by Crippen LogP contribution is 2.50. The van der Waals surface area contributed by atoms with Crippen LogP contribution >= 0.6 is 11.6 Å². The predicted molar refractivity (Wildman–Crippen MR) is 147 cm³/mol. The van der Waals surface area contributed by atoms with Gasteiger partial charge in [-0.05, 0) is 65.4 Å². The summed E-state index contributed by atoms with van der Waals surface area (Å²) in [6, 6.07) is 14.1. The van der Waals surface area contributed by atoms with Crippen LogP contribution < -0.4 is 29.9 Å². The summed E-state index contributed by atoms with van der Waals surface area (Å²) < 4.78 is 17.1. The average molecular weight is 523 g/mol. The number of hydrogen-bond acceptors (Lipinski definition) is 6. The minimum Gasteiger partial charge on any atom is -0.493 e. The van der Waals surface area contributed by atoms with Crippen LogP contribution in [0.4, 0.5) is 5.69 Å². The largest absolute Gasteiger partial charge is 0.493 e. The first-order valence-corrected chi connectivity index (χ1v) is 12.5. The fraction of sp³-hybridized carbons (Fsp3) is 0.310. The summed E-state index contributed by atoms with van der Waals surface area (Å²) in [6.07, 6.45) is 1.19. The van der Waals surface area contributed by atoms with E-state index in [0.29, 0.717) is 52.8 Å². The van der Waals surface area contributed by atoms with Gasteiger partial charge in [0, 0.05) is 31.1 Å². The van der Waals surface area contributed by atoms with Crippen LogP contribution in [0.15, 0.2) is 53.3 Å². The van der Waals surface area contributed by atoms with Crippen molar-refractivity contribution in [1.82, 2.24) is 5.32 Å². The average Bonchev–Trinajstić information content (AvgIpc) is 3.16. The first kappa shape index (κ1) is 26.4. The fourth-order valence-electron chi connectivity index (χ4n) is 4.86. The predicted octanol–water partition coefficient (Wildman–Crippen LogP) is 4.96. The van der Waals surface area contributed by atoms with Gasteiger partial charge in [-0.25, -0.2) is 0 Å². The number of benzene rings is 2. The molecule has 0 radical (unpaired) electrons. The van der Waals surface area contributed by atoms with E-state index in [0.717, 1.165) is 22.3 Å². The van der Waals surface area contributed by atoms with Gasteiger partial charge in [-0.15, -0.1) is 11.6 Å². The number of amides is 1. The summed E-state index contributed by atoms with van der Waals surface area (Å²) in [6.45, 7) is 0. The van der Waals surface area contributed by atoms with E-state index in [1.807, 2.05) is 38.4 Å². The Balaban J connectivity index is 1.93. The Morgan fingerprint density at radius 2 is 1.78 bits per heavy atom. The number of fused-ring (bicyclic) bond motifs is 3. The van der Waals surface area contributed by atoms with Crippen molar-refractivity contribution in [2.24, 2.45) is 0 Å². The molecule has 1 aliphatic carbocycles. The summed E-state index contributed by atoms with van der Waals surface area (Å²) >= 11 is 5.98. The Hall–Kier alpha value is -3.71. The lowest BCUT2D eigenvalue weighted by Crippen LogP contribution is -2.29. The molecule has 1 N–H and O–H groups in total. The van der Waals surface area contributed by atoms with Crippen LogP contribution in [0.5, 0.6) is 17.2 Å². The number of aryl methyl sites for hydroxylation is 1. The Morgan fingerprint density at radius 1 is 1.03 bits per heavy atom. The molecular weight excluding hydrogens is 492 g/mol. The zero-order valence-electron chi connectivity index (χ0n) is 21.7. The molecule has 0 bridgehead atoms. The highest BCUT2D eigenvalue weighted by molar-refractivity contribution is 6.17. The number of ether oxygens (including phenoxy) is 3. The summed E-state index contributed by atoms with van der Waals surface area (Å²) in [5.74, 6) is 1.62. The fourth-order valence-corrected chi connectivity index (χ4v) is 5.03. The van der Waals surface area contributed by atoms with E-state index in [-0.39, 0.29) is 11.3 Å². The zero-order valence-corrected chi connectivity index (χ0v) is 22.4. The number of hydrogen-bond donors (Lipinski definition) is 1. The van der Waals surface area contributed by atoms with E-state index in [4.69, 9.17) is 25.8 Å². The van der Waals surface area contributed by atoms with Gasteiger partial charge in [0.05, 0.1) is 33.1 Å². The summed E-state index contributed by atoms with van der Waals surface area (Å²) in [7, 11) is 8.38. The van der Waals surface area contributed by atoms with Crippen LogP contribution in [-0.4, -0.2) is 41.3 Å². The van der Waals surface area contributed by atoms with Crippen LogP contribution in [0.1, 0.15) is 39.5 Å². The highest BCUT2D eigenvalue weighted by Gasteiger charge is 2.30. The molecule has 1 amide bonds. The minimum atomic E-state index is -0.425. The third-order valence-corrected chi connectivity index (χ3v) is 6.96. The molecule has 3 aromatic carbocycles. The molecule has 7 nitrogen and oxygen atoms in total. The third kappa shape index (κ3) is 5.09. The van der Waals surface area contributed by atoms with E-state index >= 15 is 0 Å². The van der Waals surface area contributed by atoms with Gasteiger partial charge in [-0.1, -0.05) is 18.2 Å². The van der Waals surface area contributed by atoms with E-state index in [2.05, 4.69) is 5.32 Å². The minimum absolute atomic E-state index is 0.141. The van der Waals surface area contributed by atoms with Crippen LogP contribution in [0.3, 0.4) is 0 Å². The van der Waals surface area contributed by atoms with Gasteiger partial charge in [-0.2, -0.15) is 0 Å². The van der Waals surface area contributed by atoms with Gasteiger partial charge in [0.2, 0.25) is 11.2 Å². The number of nitrogens with zero attached hydrogens (tertiary/aromatic N) is 1. The van der Waals surface area contributed by atoms with E-state index < -0.39 is 6.04 Å². The molecular formula is C29H31ClN2O5. The van der Waals surface area contributed by atoms with Crippen LogP contribution in [-0.2, 0) is 12.3 Å². The lowest BCUT2D eigenvalue weighted by molar-refractivity contribution is 0.0935. The number of methoxy groups -OCH3 is 3. The van der Waals surface area contributed by atoms with Crippen LogP contribution in [0.2, 0.25) is 0 Å². The number of alkyl halides is 1. The molecule has 0 unspecified atom stereocenters. The van der Waals surface area contributed by atoms with Crippen molar-refractivity contribution in [2.75, 3.05) is 40.3 Å². The number of carbonyl (C=O) groups excluding carboxylic acids is 1. The highest BCUT2D eigenvalue weighted by atomic mass is 35.5.